The largest absolute Gasteiger partial charge is 0.452 e. The maximum Gasteiger partial charge on any atom is 0.251 e. The van der Waals surface area contributed by atoms with Crippen molar-refractivity contribution in [2.45, 2.75) is 6.92 Å². The number of hydrogen-bond donors (Lipinski definition) is 2. The minimum atomic E-state index is -0.696. The number of nitrogens with zero attached hydrogens (tertiary/aromatic N) is 2. The first kappa shape index (κ1) is 26.3. The summed E-state index contributed by atoms with van der Waals surface area (Å²) in [7, 11) is 0. The van der Waals surface area contributed by atoms with Gasteiger partial charge in [0.25, 0.3) is 5.91 Å². The van der Waals surface area contributed by atoms with Crippen LogP contribution >= 0.6 is 15.9 Å². The Morgan fingerprint density at radius 3 is 2.56 bits per heavy atom. The summed E-state index contributed by atoms with van der Waals surface area (Å²) in [6, 6.07) is 11.0. The van der Waals surface area contributed by atoms with Crippen LogP contribution in [0.25, 0.3) is 6.08 Å². The van der Waals surface area contributed by atoms with Crippen LogP contribution in [0, 0.1) is 11.6 Å². The van der Waals surface area contributed by atoms with Crippen molar-refractivity contribution in [2.24, 2.45) is 5.73 Å². The zero-order valence-electron chi connectivity index (χ0n) is 19.0. The van der Waals surface area contributed by atoms with Gasteiger partial charge in [0, 0.05) is 39.9 Å². The summed E-state index contributed by atoms with van der Waals surface area (Å²) in [5.41, 5.74) is 6.82. The Labute approximate surface area is 214 Å². The predicted molar refractivity (Wildman–Crippen MR) is 138 cm³/mol. The summed E-state index contributed by atoms with van der Waals surface area (Å²) >= 11 is 3.29. The Morgan fingerprint density at radius 1 is 1.14 bits per heavy atom. The number of benzene rings is 2. The van der Waals surface area contributed by atoms with Crippen LogP contribution in [0.3, 0.4) is 0 Å². The molecule has 3 N–H and O–H groups in total. The minimum absolute atomic E-state index is 0.0653. The van der Waals surface area contributed by atoms with Gasteiger partial charge in [-0.15, -0.1) is 0 Å². The lowest BCUT2D eigenvalue weighted by Crippen LogP contribution is -2.13. The monoisotopic (exact) mass is 554 g/mol. The fourth-order valence-electron chi connectivity index (χ4n) is 2.89. The van der Waals surface area contributed by atoms with E-state index in [9.17, 15) is 18.4 Å². The average molecular weight is 555 g/mol. The van der Waals surface area contributed by atoms with Crippen LogP contribution < -0.4 is 20.7 Å². The molecule has 184 valence electrons. The first-order chi connectivity index (χ1) is 17.3. The number of nitrogens with one attached hydrogen (secondary N) is 1. The summed E-state index contributed by atoms with van der Waals surface area (Å²) in [6.07, 6.45) is 9.32. The predicted octanol–water partition coefficient (Wildman–Crippen LogP) is 5.91. The van der Waals surface area contributed by atoms with Crippen LogP contribution in [0.4, 0.5) is 20.2 Å². The molecule has 0 fully saturated rings. The molecule has 1 aromatic heterocycles. The second-order valence-electron chi connectivity index (χ2n) is 7.28. The van der Waals surface area contributed by atoms with Crippen molar-refractivity contribution in [1.29, 1.82) is 0 Å². The van der Waals surface area contributed by atoms with Crippen LogP contribution in [-0.4, -0.2) is 17.3 Å². The zero-order chi connectivity index (χ0) is 26.1. The van der Waals surface area contributed by atoms with Crippen molar-refractivity contribution in [1.82, 2.24) is 4.98 Å². The summed E-state index contributed by atoms with van der Waals surface area (Å²) in [5, 5.41) is 2.60. The lowest BCUT2D eigenvalue weighted by atomic mass is 10.2. The molecule has 2 amide bonds. The number of rotatable bonds is 9. The van der Waals surface area contributed by atoms with Crippen molar-refractivity contribution < 1.29 is 23.1 Å². The Bertz CT molecular complexity index is 1340. The molecule has 3 rings (SSSR count). The van der Waals surface area contributed by atoms with Crippen molar-refractivity contribution in [3.63, 3.8) is 0 Å². The summed E-state index contributed by atoms with van der Waals surface area (Å²) in [5.74, 6) is -1.37. The SMILES string of the molecule is C/C(=C\C=C/N(C=O)c1ccc(F)cc1)C(=O)Nc1ccc(Oc2cc(Br)cnc2C=CN)c(F)c1. The van der Waals surface area contributed by atoms with Gasteiger partial charge < -0.3 is 15.8 Å². The third-order valence-electron chi connectivity index (χ3n) is 4.70. The second-order valence-corrected chi connectivity index (χ2v) is 8.19. The number of allylic oxidation sites excluding steroid dienone is 2. The fourth-order valence-corrected chi connectivity index (χ4v) is 3.20. The number of amides is 2. The van der Waals surface area contributed by atoms with Crippen LogP contribution in [0.1, 0.15) is 12.6 Å². The van der Waals surface area contributed by atoms with E-state index in [0.717, 1.165) is 6.07 Å². The van der Waals surface area contributed by atoms with Crippen LogP contribution in [0.2, 0.25) is 0 Å². The number of pyridine rings is 1. The Balaban J connectivity index is 1.67. The summed E-state index contributed by atoms with van der Waals surface area (Å²) in [6.45, 7) is 1.56. The highest BCUT2D eigenvalue weighted by Crippen LogP contribution is 2.31. The second kappa shape index (κ2) is 12.4. The molecule has 0 aliphatic heterocycles. The number of anilines is 2. The molecule has 10 heteroatoms. The van der Waals surface area contributed by atoms with E-state index in [-0.39, 0.29) is 17.2 Å². The Morgan fingerprint density at radius 2 is 1.89 bits per heavy atom. The van der Waals surface area contributed by atoms with Crippen molar-refractivity contribution >= 4 is 45.7 Å². The number of aromatic nitrogens is 1. The third kappa shape index (κ3) is 7.09. The Kier molecular flexibility index (Phi) is 9.07. The number of halogens is 3. The molecular weight excluding hydrogens is 534 g/mol. The molecule has 2 aromatic carbocycles. The van der Waals surface area contributed by atoms with E-state index in [2.05, 4.69) is 26.2 Å². The normalized spacial score (nSPS) is 11.6. The van der Waals surface area contributed by atoms with Gasteiger partial charge >= 0.3 is 0 Å². The van der Waals surface area contributed by atoms with E-state index < -0.39 is 17.5 Å². The van der Waals surface area contributed by atoms with Gasteiger partial charge in [-0.05, 0) is 83.7 Å². The number of carbonyl (C=O) groups is 2. The van der Waals surface area contributed by atoms with Crippen LogP contribution in [-0.2, 0) is 9.59 Å². The van der Waals surface area contributed by atoms with E-state index >= 15 is 0 Å². The lowest BCUT2D eigenvalue weighted by molar-refractivity contribution is -0.112. The molecule has 0 saturated heterocycles. The maximum atomic E-state index is 14.7. The van der Waals surface area contributed by atoms with E-state index in [1.165, 1.54) is 71.9 Å². The number of hydrogen-bond acceptors (Lipinski definition) is 5. The molecule has 0 aliphatic carbocycles. The standard InChI is InChI=1S/C26H21BrF2N4O3/c1-17(3-2-12-33(16-34)21-7-4-19(28)5-8-21)26(35)32-20-6-9-24(22(29)14-20)36-25-13-18(27)15-31-23(25)10-11-30/h2-16H,30H2,1H3,(H,32,35)/b11-10?,12-2-,17-3+. The number of ether oxygens (including phenoxy) is 1. The topological polar surface area (TPSA) is 97.5 Å². The number of carbonyl (C=O) groups excluding carboxylic acids is 2. The summed E-state index contributed by atoms with van der Waals surface area (Å²) in [4.78, 5) is 29.2. The molecule has 0 saturated carbocycles. The minimum Gasteiger partial charge on any atom is -0.452 e. The number of nitrogens with two attached hydrogens (primary N) is 1. The Hall–Kier alpha value is -4.31. The molecule has 0 unspecified atom stereocenters. The average Bonchev–Trinajstić information content (AvgIpc) is 2.86. The van der Waals surface area contributed by atoms with Gasteiger partial charge in [-0.1, -0.05) is 6.08 Å². The first-order valence-corrected chi connectivity index (χ1v) is 11.3. The first-order valence-electron chi connectivity index (χ1n) is 10.5. The zero-order valence-corrected chi connectivity index (χ0v) is 20.6. The smallest absolute Gasteiger partial charge is 0.251 e. The molecule has 0 radical (unpaired) electrons. The molecule has 36 heavy (non-hydrogen) atoms. The highest BCUT2D eigenvalue weighted by molar-refractivity contribution is 9.10. The molecule has 0 aliphatic rings. The molecular formula is C26H21BrF2N4O3. The van der Waals surface area contributed by atoms with Gasteiger partial charge in [-0.25, -0.2) is 8.78 Å². The van der Waals surface area contributed by atoms with E-state index in [1.807, 2.05) is 0 Å². The van der Waals surface area contributed by atoms with Gasteiger partial charge in [0.2, 0.25) is 6.41 Å². The molecule has 0 atom stereocenters. The van der Waals surface area contributed by atoms with Gasteiger partial charge in [0.1, 0.15) is 11.5 Å². The van der Waals surface area contributed by atoms with Gasteiger partial charge in [0.15, 0.2) is 17.3 Å². The van der Waals surface area contributed by atoms with Gasteiger partial charge in [0.05, 0.1) is 0 Å². The fraction of sp³-hybridized carbons (Fsp3) is 0.0385. The van der Waals surface area contributed by atoms with E-state index in [1.54, 1.807) is 19.2 Å². The maximum absolute atomic E-state index is 14.7. The quantitative estimate of drug-likeness (QED) is 0.195. The molecule has 0 spiro atoms. The van der Waals surface area contributed by atoms with Crippen LogP contribution in [0.5, 0.6) is 11.5 Å². The van der Waals surface area contributed by atoms with Crippen molar-refractivity contribution in [2.75, 3.05) is 10.2 Å². The lowest BCUT2D eigenvalue weighted by Gasteiger charge is -2.12. The highest BCUT2D eigenvalue weighted by Gasteiger charge is 2.12. The van der Waals surface area contributed by atoms with Crippen molar-refractivity contribution in [3.8, 4) is 11.5 Å². The molecule has 0 bridgehead atoms. The molecule has 1 heterocycles. The summed E-state index contributed by atoms with van der Waals surface area (Å²) < 4.78 is 34.0. The molecule has 7 nitrogen and oxygen atoms in total. The van der Waals surface area contributed by atoms with E-state index in [4.69, 9.17) is 10.5 Å². The van der Waals surface area contributed by atoms with Gasteiger partial charge in [-0.2, -0.15) is 0 Å². The third-order valence-corrected chi connectivity index (χ3v) is 5.14. The van der Waals surface area contributed by atoms with Crippen molar-refractivity contribution in [3.05, 3.63) is 107 Å². The highest BCUT2D eigenvalue weighted by atomic mass is 79.9. The van der Waals surface area contributed by atoms with Crippen LogP contribution in [0.15, 0.2) is 89.3 Å². The van der Waals surface area contributed by atoms with E-state index in [0.29, 0.717) is 27.8 Å². The molecule has 3 aromatic rings. The van der Waals surface area contributed by atoms with Gasteiger partial charge in [-0.3, -0.25) is 19.5 Å².